The number of benzene rings is 2. The number of rotatable bonds is 7. The molecule has 1 atom stereocenters. The number of methoxy groups -OCH3 is 1. The molecule has 4 nitrogen and oxygen atoms in total. The molecule has 1 fully saturated rings. The summed E-state index contributed by atoms with van der Waals surface area (Å²) in [6.45, 7) is 2.59. The molecule has 6 heteroatoms. The number of hydrogen-bond donors (Lipinski definition) is 1. The van der Waals surface area contributed by atoms with Gasteiger partial charge in [-0.1, -0.05) is 34.1 Å². The Kier molecular flexibility index (Phi) is 7.63. The van der Waals surface area contributed by atoms with Crippen LogP contribution in [0.1, 0.15) is 52.7 Å². The fourth-order valence-electron chi connectivity index (χ4n) is 4.71. The van der Waals surface area contributed by atoms with Crippen molar-refractivity contribution in [1.29, 1.82) is 0 Å². The minimum atomic E-state index is -0.299. The fraction of sp³-hybridized carbons (Fsp3) is 0.423. The van der Waals surface area contributed by atoms with Gasteiger partial charge in [0, 0.05) is 35.8 Å². The van der Waals surface area contributed by atoms with Gasteiger partial charge in [-0.15, -0.1) is 0 Å². The van der Waals surface area contributed by atoms with E-state index < -0.39 is 0 Å². The number of carbonyl (C=O) groups is 1. The molecule has 32 heavy (non-hydrogen) atoms. The smallest absolute Gasteiger partial charge is 0.337 e. The normalized spacial score (nSPS) is 18.9. The largest absolute Gasteiger partial charge is 0.465 e. The maximum absolute atomic E-state index is 12.4. The van der Waals surface area contributed by atoms with Crippen molar-refractivity contribution < 1.29 is 13.9 Å². The van der Waals surface area contributed by atoms with Crippen molar-refractivity contribution in [2.75, 3.05) is 38.7 Å². The van der Waals surface area contributed by atoms with Crippen molar-refractivity contribution in [2.45, 2.75) is 38.1 Å². The molecule has 0 unspecified atom stereocenters. The van der Waals surface area contributed by atoms with Crippen LogP contribution in [-0.2, 0) is 11.2 Å². The molecule has 2 aromatic rings. The Hall–Kier alpha value is -2.18. The summed E-state index contributed by atoms with van der Waals surface area (Å²) in [4.78, 5) is 14.3. The predicted octanol–water partition coefficient (Wildman–Crippen LogP) is 5.81. The van der Waals surface area contributed by atoms with E-state index in [1.807, 2.05) is 18.2 Å². The first-order valence-corrected chi connectivity index (χ1v) is 12.1. The number of carbonyl (C=O) groups excluding carboxylic acids is 1. The summed E-state index contributed by atoms with van der Waals surface area (Å²) in [5.41, 5.74) is 6.41. The summed E-state index contributed by atoms with van der Waals surface area (Å²) < 4.78 is 18.5. The molecular formula is C26H30BrFN2O2. The number of nitrogens with one attached hydrogen (secondary N) is 1. The quantitative estimate of drug-likeness (QED) is 0.487. The number of alkyl halides is 1. The molecule has 0 bridgehead atoms. The van der Waals surface area contributed by atoms with Crippen LogP contribution >= 0.6 is 15.9 Å². The Morgan fingerprint density at radius 1 is 1.22 bits per heavy atom. The van der Waals surface area contributed by atoms with Crippen molar-refractivity contribution in [3.05, 3.63) is 69.2 Å². The van der Waals surface area contributed by atoms with E-state index in [9.17, 15) is 9.18 Å². The molecule has 170 valence electrons. The third kappa shape index (κ3) is 5.24. The van der Waals surface area contributed by atoms with Gasteiger partial charge < -0.3 is 15.0 Å². The number of hydrogen-bond acceptors (Lipinski definition) is 4. The average molecular weight is 501 g/mol. The van der Waals surface area contributed by atoms with Gasteiger partial charge in [-0.25, -0.2) is 4.79 Å². The molecule has 0 radical (unpaired) electrons. The maximum atomic E-state index is 12.4. The monoisotopic (exact) mass is 500 g/mol. The third-order valence-corrected chi connectivity index (χ3v) is 7.13. The highest BCUT2D eigenvalue weighted by Gasteiger charge is 2.22. The van der Waals surface area contributed by atoms with E-state index in [-0.39, 0.29) is 12.6 Å². The maximum Gasteiger partial charge on any atom is 0.337 e. The first kappa shape index (κ1) is 23.0. The molecule has 0 amide bonds. The second-order valence-corrected chi connectivity index (χ2v) is 9.50. The van der Waals surface area contributed by atoms with Crippen LogP contribution in [-0.4, -0.2) is 50.3 Å². The van der Waals surface area contributed by atoms with Gasteiger partial charge in [0.05, 0.1) is 19.3 Å². The van der Waals surface area contributed by atoms with Gasteiger partial charge in [0.25, 0.3) is 0 Å². The van der Waals surface area contributed by atoms with Gasteiger partial charge in [-0.05, 0) is 78.6 Å². The molecule has 0 saturated carbocycles. The zero-order valence-electron chi connectivity index (χ0n) is 18.5. The van der Waals surface area contributed by atoms with Gasteiger partial charge >= 0.3 is 5.97 Å². The molecule has 1 saturated heterocycles. The zero-order chi connectivity index (χ0) is 22.5. The molecule has 0 aromatic heterocycles. The number of anilines is 1. The summed E-state index contributed by atoms with van der Waals surface area (Å²) >= 11 is 3.83. The average Bonchev–Trinajstić information content (AvgIpc) is 3.19. The lowest BCUT2D eigenvalue weighted by Gasteiger charge is -2.18. The number of esters is 1. The number of halogens is 2. The SMILES string of the molecule is COC(=O)c1ccc2c(c1)CCCC(Br)=C2c1ccc(N[C@H]2CCN(CCCF)C2)cc1. The molecule has 0 spiro atoms. The Morgan fingerprint density at radius 3 is 2.78 bits per heavy atom. The zero-order valence-corrected chi connectivity index (χ0v) is 20.1. The van der Waals surface area contributed by atoms with Gasteiger partial charge in [-0.2, -0.15) is 0 Å². The van der Waals surface area contributed by atoms with Gasteiger partial charge in [0.15, 0.2) is 0 Å². The lowest BCUT2D eigenvalue weighted by atomic mass is 9.92. The first-order chi connectivity index (χ1) is 15.6. The Labute approximate surface area is 198 Å². The van der Waals surface area contributed by atoms with E-state index in [0.29, 0.717) is 18.0 Å². The Balaban J connectivity index is 1.52. The summed E-state index contributed by atoms with van der Waals surface area (Å²) in [5.74, 6) is -0.299. The van der Waals surface area contributed by atoms with E-state index in [4.69, 9.17) is 4.74 Å². The fourth-order valence-corrected chi connectivity index (χ4v) is 5.44. The highest BCUT2D eigenvalue weighted by molar-refractivity contribution is 9.11. The first-order valence-electron chi connectivity index (χ1n) is 11.3. The van der Waals surface area contributed by atoms with Crippen LogP contribution in [0.4, 0.5) is 10.1 Å². The van der Waals surface area contributed by atoms with E-state index in [0.717, 1.165) is 56.6 Å². The molecule has 1 N–H and O–H groups in total. The molecule has 2 aliphatic rings. The van der Waals surface area contributed by atoms with Gasteiger partial charge in [-0.3, -0.25) is 4.39 Å². The molecule has 1 heterocycles. The molecule has 1 aliphatic carbocycles. The van der Waals surface area contributed by atoms with Crippen molar-refractivity contribution in [3.8, 4) is 0 Å². The summed E-state index contributed by atoms with van der Waals surface area (Å²) in [7, 11) is 1.42. The Morgan fingerprint density at radius 2 is 2.03 bits per heavy atom. The number of likely N-dealkylation sites (tertiary alicyclic amines) is 1. The molecule has 2 aromatic carbocycles. The molecule has 4 rings (SSSR count). The highest BCUT2D eigenvalue weighted by atomic mass is 79.9. The number of aryl methyl sites for hydroxylation is 1. The van der Waals surface area contributed by atoms with E-state index >= 15 is 0 Å². The number of ether oxygens (including phenoxy) is 1. The Bertz CT molecular complexity index is 990. The minimum Gasteiger partial charge on any atom is -0.465 e. The van der Waals surface area contributed by atoms with Crippen LogP contribution in [0, 0.1) is 0 Å². The van der Waals surface area contributed by atoms with E-state index in [2.05, 4.69) is 50.4 Å². The van der Waals surface area contributed by atoms with Crippen LogP contribution < -0.4 is 5.32 Å². The lowest BCUT2D eigenvalue weighted by Crippen LogP contribution is -2.27. The number of fused-ring (bicyclic) bond motifs is 1. The van der Waals surface area contributed by atoms with Gasteiger partial charge in [0.2, 0.25) is 0 Å². The highest BCUT2D eigenvalue weighted by Crippen LogP contribution is 2.38. The lowest BCUT2D eigenvalue weighted by molar-refractivity contribution is 0.0600. The third-order valence-electron chi connectivity index (χ3n) is 6.33. The van der Waals surface area contributed by atoms with Crippen LogP contribution in [0.2, 0.25) is 0 Å². The van der Waals surface area contributed by atoms with Crippen molar-refractivity contribution in [3.63, 3.8) is 0 Å². The van der Waals surface area contributed by atoms with Crippen LogP contribution in [0.5, 0.6) is 0 Å². The summed E-state index contributed by atoms with van der Waals surface area (Å²) in [5, 5.41) is 3.63. The number of allylic oxidation sites excluding steroid dienone is 1. The van der Waals surface area contributed by atoms with Crippen LogP contribution in [0.25, 0.3) is 5.57 Å². The second kappa shape index (κ2) is 10.6. The van der Waals surface area contributed by atoms with Crippen molar-refractivity contribution in [2.24, 2.45) is 0 Å². The van der Waals surface area contributed by atoms with Crippen molar-refractivity contribution in [1.82, 2.24) is 4.90 Å². The van der Waals surface area contributed by atoms with E-state index in [1.165, 1.54) is 28.3 Å². The minimum absolute atomic E-state index is 0.241. The molecular weight excluding hydrogens is 471 g/mol. The van der Waals surface area contributed by atoms with E-state index in [1.54, 1.807) is 0 Å². The standard InChI is InChI=1S/C26H30BrFN2O2/c1-32-26(31)20-8-11-23-19(16-20)4-2-5-24(27)25(23)18-6-9-21(10-7-18)29-22-12-15-30(17-22)14-3-13-28/h6-11,16,22,29H,2-5,12-15,17H2,1H3/t22-/m0/s1. The van der Waals surface area contributed by atoms with Crippen LogP contribution in [0.15, 0.2) is 46.9 Å². The summed E-state index contributed by atoms with van der Waals surface area (Å²) in [6.07, 6.45) is 4.63. The summed E-state index contributed by atoms with van der Waals surface area (Å²) in [6, 6.07) is 14.9. The molecule has 1 aliphatic heterocycles. The predicted molar refractivity (Wildman–Crippen MR) is 131 cm³/mol. The topological polar surface area (TPSA) is 41.6 Å². The van der Waals surface area contributed by atoms with Crippen molar-refractivity contribution >= 4 is 33.2 Å². The van der Waals surface area contributed by atoms with Gasteiger partial charge in [0.1, 0.15) is 0 Å². The second-order valence-electron chi connectivity index (χ2n) is 8.55. The number of nitrogens with zero attached hydrogens (tertiary/aromatic N) is 1. The van der Waals surface area contributed by atoms with Crippen LogP contribution in [0.3, 0.4) is 0 Å².